The summed E-state index contributed by atoms with van der Waals surface area (Å²) in [6, 6.07) is 16.0. The van der Waals surface area contributed by atoms with Crippen LogP contribution in [-0.2, 0) is 11.3 Å². The quantitative estimate of drug-likeness (QED) is 0.357. The highest BCUT2D eigenvalue weighted by molar-refractivity contribution is 5.76. The summed E-state index contributed by atoms with van der Waals surface area (Å²) in [5, 5.41) is 8.72. The van der Waals surface area contributed by atoms with Crippen molar-refractivity contribution < 1.29 is 9.15 Å². The molecule has 1 aliphatic carbocycles. The van der Waals surface area contributed by atoms with Crippen molar-refractivity contribution >= 4 is 16.7 Å². The summed E-state index contributed by atoms with van der Waals surface area (Å²) in [5.41, 5.74) is 6.47. The van der Waals surface area contributed by atoms with Gasteiger partial charge in [0.05, 0.1) is 30.8 Å². The first-order valence-electron chi connectivity index (χ1n) is 11.4. The van der Waals surface area contributed by atoms with Gasteiger partial charge in [-0.1, -0.05) is 41.6 Å². The molecule has 2 unspecified atom stereocenters. The van der Waals surface area contributed by atoms with Crippen LogP contribution in [0.25, 0.3) is 28.1 Å². The van der Waals surface area contributed by atoms with Gasteiger partial charge >= 0.3 is 0 Å². The lowest BCUT2D eigenvalue weighted by Gasteiger charge is -2.25. The van der Waals surface area contributed by atoms with Crippen molar-refractivity contribution in [2.24, 2.45) is 0 Å². The Labute approximate surface area is 202 Å². The van der Waals surface area contributed by atoms with E-state index < -0.39 is 0 Å². The van der Waals surface area contributed by atoms with E-state index in [0.717, 1.165) is 39.2 Å². The Morgan fingerprint density at radius 1 is 1.06 bits per heavy atom. The molecular formula is C27H24N6O2. The van der Waals surface area contributed by atoms with Crippen LogP contribution in [0.15, 0.2) is 89.9 Å². The summed E-state index contributed by atoms with van der Waals surface area (Å²) in [6.07, 6.45) is 12.0. The highest BCUT2D eigenvalue weighted by atomic mass is 16.5. The molecule has 0 fully saturated rings. The first-order chi connectivity index (χ1) is 17.2. The smallest absolute Gasteiger partial charge is 0.227 e. The molecule has 174 valence electrons. The Balaban J connectivity index is 1.16. The number of methoxy groups -OCH3 is 1. The summed E-state index contributed by atoms with van der Waals surface area (Å²) in [4.78, 5) is 8.90. The number of allylic oxidation sites excluding steroid dienone is 2. The van der Waals surface area contributed by atoms with Crippen LogP contribution >= 0.6 is 0 Å². The third-order valence-corrected chi connectivity index (χ3v) is 6.17. The Bertz CT molecular complexity index is 1510. The molecule has 0 amide bonds. The van der Waals surface area contributed by atoms with Gasteiger partial charge in [-0.25, -0.2) is 14.6 Å². The molecule has 0 bridgehead atoms. The van der Waals surface area contributed by atoms with E-state index in [4.69, 9.17) is 9.15 Å². The van der Waals surface area contributed by atoms with Gasteiger partial charge in [0.15, 0.2) is 5.58 Å². The average Bonchev–Trinajstić information content (AvgIpc) is 3.64. The van der Waals surface area contributed by atoms with Crippen LogP contribution in [0.2, 0.25) is 0 Å². The summed E-state index contributed by atoms with van der Waals surface area (Å²) in [5.74, 6) is 0.619. The van der Waals surface area contributed by atoms with Gasteiger partial charge in [-0.15, -0.1) is 5.10 Å². The highest BCUT2D eigenvalue weighted by Crippen LogP contribution is 2.29. The van der Waals surface area contributed by atoms with Crippen molar-refractivity contribution in [1.29, 1.82) is 0 Å². The second kappa shape index (κ2) is 8.81. The lowest BCUT2D eigenvalue weighted by atomic mass is 9.98. The number of fused-ring (bicyclic) bond motifs is 1. The molecule has 8 heteroatoms. The molecule has 3 aromatic heterocycles. The van der Waals surface area contributed by atoms with E-state index in [0.29, 0.717) is 12.4 Å². The maximum atomic E-state index is 5.87. The third-order valence-electron chi connectivity index (χ3n) is 6.17. The van der Waals surface area contributed by atoms with E-state index in [-0.39, 0.29) is 12.1 Å². The fourth-order valence-corrected chi connectivity index (χ4v) is 4.34. The van der Waals surface area contributed by atoms with Gasteiger partial charge in [0.25, 0.3) is 0 Å². The van der Waals surface area contributed by atoms with Gasteiger partial charge < -0.3 is 13.7 Å². The summed E-state index contributed by atoms with van der Waals surface area (Å²) in [7, 11) is 1.72. The molecule has 0 aliphatic heterocycles. The Morgan fingerprint density at radius 3 is 2.69 bits per heavy atom. The van der Waals surface area contributed by atoms with Crippen molar-refractivity contribution in [2.45, 2.75) is 25.6 Å². The number of hydrogen-bond donors (Lipinski definition) is 0. The third kappa shape index (κ3) is 4.20. The largest absolute Gasteiger partial charge is 0.436 e. The minimum atomic E-state index is -0.117. The molecule has 8 nitrogen and oxygen atoms in total. The molecule has 2 atom stereocenters. The first-order valence-corrected chi connectivity index (χ1v) is 11.4. The van der Waals surface area contributed by atoms with Gasteiger partial charge in [-0.2, -0.15) is 0 Å². The van der Waals surface area contributed by atoms with Crippen LogP contribution in [0, 0.1) is 6.92 Å². The zero-order valence-corrected chi connectivity index (χ0v) is 19.4. The monoisotopic (exact) mass is 464 g/mol. The summed E-state index contributed by atoms with van der Waals surface area (Å²) < 4.78 is 15.5. The minimum absolute atomic E-state index is 0.0553. The van der Waals surface area contributed by atoms with Crippen molar-refractivity contribution in [2.75, 3.05) is 7.11 Å². The average molecular weight is 465 g/mol. The van der Waals surface area contributed by atoms with Crippen LogP contribution in [-0.4, -0.2) is 42.7 Å². The molecule has 0 radical (unpaired) electrons. The maximum absolute atomic E-state index is 5.87. The standard InChI is InChI=1S/C27H24N6O2/c1-18-14-32(17-28-18)24-12-11-21(13-26(24)34-2)23-16-33(31-30-23)15-19-7-9-20(10-8-19)27-29-22-5-3-4-6-25(22)35-27/h3-14,16-17,24,26H,15H2,1-2H3. The van der Waals surface area contributed by atoms with E-state index in [9.17, 15) is 0 Å². The predicted octanol–water partition coefficient (Wildman–Crippen LogP) is 4.85. The van der Waals surface area contributed by atoms with E-state index in [2.05, 4.69) is 55.2 Å². The van der Waals surface area contributed by atoms with Gasteiger partial charge in [-0.05, 0) is 42.8 Å². The van der Waals surface area contributed by atoms with Gasteiger partial charge in [0.2, 0.25) is 5.89 Å². The normalized spacial score (nSPS) is 17.7. The van der Waals surface area contributed by atoms with Crippen LogP contribution in [0.1, 0.15) is 23.0 Å². The fourth-order valence-electron chi connectivity index (χ4n) is 4.34. The molecule has 5 aromatic rings. The molecule has 35 heavy (non-hydrogen) atoms. The molecule has 0 saturated carbocycles. The number of nitrogens with zero attached hydrogens (tertiary/aromatic N) is 6. The molecule has 3 heterocycles. The first kappa shape index (κ1) is 21.2. The topological polar surface area (TPSA) is 83.8 Å². The summed E-state index contributed by atoms with van der Waals surface area (Å²) in [6.45, 7) is 2.59. The predicted molar refractivity (Wildman–Crippen MR) is 132 cm³/mol. The molecular weight excluding hydrogens is 440 g/mol. The lowest BCUT2D eigenvalue weighted by Crippen LogP contribution is -2.24. The number of rotatable bonds is 6. The van der Waals surface area contributed by atoms with E-state index in [1.165, 1.54) is 0 Å². The molecule has 0 N–H and O–H groups in total. The maximum Gasteiger partial charge on any atom is 0.227 e. The van der Waals surface area contributed by atoms with E-state index in [1.807, 2.05) is 66.7 Å². The Hall–Kier alpha value is -4.30. The second-order valence-electron chi connectivity index (χ2n) is 8.62. The zero-order valence-electron chi connectivity index (χ0n) is 19.4. The number of oxazole rings is 1. The number of benzene rings is 2. The van der Waals surface area contributed by atoms with Crippen LogP contribution in [0.3, 0.4) is 0 Å². The Morgan fingerprint density at radius 2 is 1.91 bits per heavy atom. The van der Waals surface area contributed by atoms with Crippen LogP contribution in [0.5, 0.6) is 0 Å². The molecule has 0 spiro atoms. The number of hydrogen-bond acceptors (Lipinski definition) is 6. The van der Waals surface area contributed by atoms with Gasteiger partial charge in [0, 0.05) is 24.4 Å². The number of aromatic nitrogens is 6. The molecule has 6 rings (SSSR count). The van der Waals surface area contributed by atoms with E-state index in [1.54, 1.807) is 7.11 Å². The van der Waals surface area contributed by atoms with Crippen molar-refractivity contribution in [3.05, 3.63) is 102 Å². The van der Waals surface area contributed by atoms with Crippen LogP contribution < -0.4 is 0 Å². The number of aryl methyl sites for hydroxylation is 1. The van der Waals surface area contributed by atoms with Crippen molar-refractivity contribution in [3.8, 4) is 11.5 Å². The van der Waals surface area contributed by atoms with E-state index >= 15 is 0 Å². The van der Waals surface area contributed by atoms with Crippen LogP contribution in [0.4, 0.5) is 0 Å². The SMILES string of the molecule is COC1C=C(c2cn(Cc3ccc(-c4nc5ccccc5o4)cc3)nn2)C=CC1n1cnc(C)c1. The number of imidazole rings is 1. The number of para-hydroxylation sites is 2. The highest BCUT2D eigenvalue weighted by Gasteiger charge is 2.23. The van der Waals surface area contributed by atoms with Crippen molar-refractivity contribution in [1.82, 2.24) is 29.5 Å². The zero-order chi connectivity index (χ0) is 23.8. The molecule has 1 aliphatic rings. The van der Waals surface area contributed by atoms with Crippen molar-refractivity contribution in [3.63, 3.8) is 0 Å². The second-order valence-corrected chi connectivity index (χ2v) is 8.62. The Kier molecular flexibility index (Phi) is 5.35. The minimum Gasteiger partial charge on any atom is -0.436 e. The molecule has 0 saturated heterocycles. The lowest BCUT2D eigenvalue weighted by molar-refractivity contribution is 0.109. The van der Waals surface area contributed by atoms with Gasteiger partial charge in [0.1, 0.15) is 17.3 Å². The fraction of sp³-hybridized carbons (Fsp3) is 0.185. The van der Waals surface area contributed by atoms with Gasteiger partial charge in [-0.3, -0.25) is 0 Å². The number of ether oxygens (including phenoxy) is 1. The summed E-state index contributed by atoms with van der Waals surface area (Å²) >= 11 is 0. The molecule has 2 aromatic carbocycles.